The summed E-state index contributed by atoms with van der Waals surface area (Å²) in [7, 11) is 0. The van der Waals surface area contributed by atoms with Gasteiger partial charge in [-0.15, -0.1) is 0 Å². The Balaban J connectivity index is 2.04. The lowest BCUT2D eigenvalue weighted by molar-refractivity contribution is -0.137. The van der Waals surface area contributed by atoms with Crippen LogP contribution in [0, 0.1) is 0 Å². The second-order valence-corrected chi connectivity index (χ2v) is 5.81. The Morgan fingerprint density at radius 2 is 2.13 bits per heavy atom. The minimum atomic E-state index is -0.865. The van der Waals surface area contributed by atoms with Crippen molar-refractivity contribution in [3.8, 4) is 11.1 Å². The van der Waals surface area contributed by atoms with Crippen LogP contribution in [0.1, 0.15) is 17.9 Å². The largest absolute Gasteiger partial charge is 0.481 e. The van der Waals surface area contributed by atoms with E-state index in [1.54, 1.807) is 12.4 Å². The number of carbonyl (C=O) groups is 1. The molecule has 1 atom stereocenters. The molecule has 0 amide bonds. The molecule has 0 aliphatic rings. The van der Waals surface area contributed by atoms with Gasteiger partial charge in [0, 0.05) is 16.5 Å². The highest BCUT2D eigenvalue weighted by Crippen LogP contribution is 2.33. The first-order chi connectivity index (χ1) is 11.1. The van der Waals surface area contributed by atoms with Crippen LogP contribution in [0.5, 0.6) is 0 Å². The molecule has 1 heterocycles. The lowest BCUT2D eigenvalue weighted by atomic mass is 9.92. The highest BCUT2D eigenvalue weighted by Gasteiger charge is 2.16. The number of aromatic amines is 1. The highest BCUT2D eigenvalue weighted by molar-refractivity contribution is 6.33. The molecule has 3 aromatic rings. The van der Waals surface area contributed by atoms with Crippen molar-refractivity contribution in [2.24, 2.45) is 5.73 Å². The Bertz CT molecular complexity index is 860. The first-order valence-electron chi connectivity index (χ1n) is 7.23. The molecule has 0 bridgehead atoms. The van der Waals surface area contributed by atoms with Gasteiger partial charge in [-0.05, 0) is 41.9 Å². The monoisotopic (exact) mass is 329 g/mol. The summed E-state index contributed by atoms with van der Waals surface area (Å²) in [5, 5.41) is 9.63. The van der Waals surface area contributed by atoms with Crippen molar-refractivity contribution < 1.29 is 9.90 Å². The highest BCUT2D eigenvalue weighted by atomic mass is 35.5. The first kappa shape index (κ1) is 15.5. The average Bonchev–Trinajstić information content (AvgIpc) is 3.00. The fraction of sp³-hybridized carbons (Fsp3) is 0.176. The first-order valence-corrected chi connectivity index (χ1v) is 7.61. The van der Waals surface area contributed by atoms with Crippen LogP contribution in [0.4, 0.5) is 0 Å². The molecule has 3 rings (SSSR count). The van der Waals surface area contributed by atoms with Crippen molar-refractivity contribution in [1.82, 2.24) is 9.97 Å². The predicted molar refractivity (Wildman–Crippen MR) is 90.6 cm³/mol. The topological polar surface area (TPSA) is 92.0 Å². The number of nitrogens with one attached hydrogen (secondary N) is 1. The van der Waals surface area contributed by atoms with Crippen molar-refractivity contribution in [1.29, 1.82) is 0 Å². The average molecular weight is 330 g/mol. The summed E-state index contributed by atoms with van der Waals surface area (Å²) in [5.41, 5.74) is 10.2. The molecule has 5 nitrogen and oxygen atoms in total. The van der Waals surface area contributed by atoms with E-state index in [4.69, 9.17) is 22.4 Å². The lowest BCUT2D eigenvalue weighted by Crippen LogP contribution is -2.16. The van der Waals surface area contributed by atoms with Gasteiger partial charge in [0.2, 0.25) is 0 Å². The number of fused-ring (bicyclic) bond motifs is 1. The Labute approximate surface area is 138 Å². The van der Waals surface area contributed by atoms with Gasteiger partial charge < -0.3 is 15.8 Å². The van der Waals surface area contributed by atoms with Gasteiger partial charge in [-0.2, -0.15) is 0 Å². The van der Waals surface area contributed by atoms with E-state index < -0.39 is 5.97 Å². The summed E-state index contributed by atoms with van der Waals surface area (Å²) in [6, 6.07) is 11.4. The minimum absolute atomic E-state index is 0.00282. The quantitative estimate of drug-likeness (QED) is 0.669. The maximum absolute atomic E-state index is 11.0. The van der Waals surface area contributed by atoms with Crippen molar-refractivity contribution >= 4 is 28.6 Å². The second-order valence-electron chi connectivity index (χ2n) is 5.40. The van der Waals surface area contributed by atoms with E-state index in [9.17, 15) is 4.79 Å². The summed E-state index contributed by atoms with van der Waals surface area (Å²) in [4.78, 5) is 18.3. The van der Waals surface area contributed by atoms with Gasteiger partial charge in [0.1, 0.15) is 0 Å². The summed E-state index contributed by atoms with van der Waals surface area (Å²) >= 11 is 6.34. The second kappa shape index (κ2) is 6.40. The lowest BCUT2D eigenvalue weighted by Gasteiger charge is -2.15. The number of aromatic nitrogens is 2. The zero-order chi connectivity index (χ0) is 16.4. The van der Waals surface area contributed by atoms with E-state index in [2.05, 4.69) is 9.97 Å². The molecule has 6 heteroatoms. The van der Waals surface area contributed by atoms with E-state index in [1.165, 1.54) is 0 Å². The Morgan fingerprint density at radius 1 is 1.30 bits per heavy atom. The number of carboxylic acids is 1. The van der Waals surface area contributed by atoms with E-state index in [0.717, 1.165) is 27.7 Å². The minimum Gasteiger partial charge on any atom is -0.481 e. The number of halogens is 1. The Morgan fingerprint density at radius 3 is 2.87 bits per heavy atom. The number of nitrogens with two attached hydrogens (primary N) is 1. The van der Waals surface area contributed by atoms with E-state index in [-0.39, 0.29) is 18.9 Å². The SMILES string of the molecule is NC[C@H](CC(=O)O)c1ccc(Cl)c(-c2ccc3nc[nH]c3c2)c1. The van der Waals surface area contributed by atoms with Crippen LogP contribution < -0.4 is 5.73 Å². The zero-order valence-corrected chi connectivity index (χ0v) is 13.0. The number of imidazole rings is 1. The van der Waals surface area contributed by atoms with Gasteiger partial charge in [0.25, 0.3) is 0 Å². The van der Waals surface area contributed by atoms with Crippen LogP contribution in [0.25, 0.3) is 22.2 Å². The molecule has 4 N–H and O–H groups in total. The van der Waals surface area contributed by atoms with E-state index in [0.29, 0.717) is 5.02 Å². The third-order valence-corrected chi connectivity index (χ3v) is 4.23. The van der Waals surface area contributed by atoms with Crippen LogP contribution in [0.3, 0.4) is 0 Å². The third kappa shape index (κ3) is 3.21. The fourth-order valence-corrected chi connectivity index (χ4v) is 2.90. The summed E-state index contributed by atoms with van der Waals surface area (Å²) in [5.74, 6) is -1.10. The van der Waals surface area contributed by atoms with E-state index >= 15 is 0 Å². The summed E-state index contributed by atoms with van der Waals surface area (Å²) in [6.45, 7) is 0.271. The maximum Gasteiger partial charge on any atom is 0.304 e. The zero-order valence-electron chi connectivity index (χ0n) is 12.3. The standard InChI is InChI=1S/C17H16ClN3O2/c18-14-3-1-10(12(8-19)7-17(22)23)5-13(14)11-2-4-15-16(6-11)21-9-20-15/h1-6,9,12H,7-8,19H2,(H,20,21)(H,22,23)/t12-/m0/s1. The fourth-order valence-electron chi connectivity index (χ4n) is 2.67. The summed E-state index contributed by atoms with van der Waals surface area (Å²) in [6.07, 6.45) is 1.64. The van der Waals surface area contributed by atoms with Crippen molar-refractivity contribution in [2.45, 2.75) is 12.3 Å². The van der Waals surface area contributed by atoms with Gasteiger partial charge in [0.05, 0.1) is 23.8 Å². The van der Waals surface area contributed by atoms with Gasteiger partial charge in [0.15, 0.2) is 0 Å². The molecule has 0 aliphatic heterocycles. The van der Waals surface area contributed by atoms with E-state index in [1.807, 2.05) is 30.3 Å². The molecular formula is C17H16ClN3O2. The van der Waals surface area contributed by atoms with Crippen molar-refractivity contribution in [2.75, 3.05) is 6.54 Å². The molecule has 0 fully saturated rings. The number of rotatable bonds is 5. The molecule has 118 valence electrons. The molecule has 0 radical (unpaired) electrons. The molecule has 0 aliphatic carbocycles. The molecular weight excluding hydrogens is 314 g/mol. The number of hydrogen-bond acceptors (Lipinski definition) is 3. The number of nitrogens with zero attached hydrogens (tertiary/aromatic N) is 1. The maximum atomic E-state index is 11.0. The van der Waals surface area contributed by atoms with Gasteiger partial charge in [-0.3, -0.25) is 4.79 Å². The Hall–Kier alpha value is -2.37. The van der Waals surface area contributed by atoms with Gasteiger partial charge in [-0.1, -0.05) is 23.7 Å². The summed E-state index contributed by atoms with van der Waals surface area (Å²) < 4.78 is 0. The van der Waals surface area contributed by atoms with Crippen LogP contribution in [-0.2, 0) is 4.79 Å². The van der Waals surface area contributed by atoms with Crippen LogP contribution in [0.15, 0.2) is 42.7 Å². The normalized spacial score (nSPS) is 12.4. The number of benzene rings is 2. The van der Waals surface area contributed by atoms with Crippen LogP contribution in [0.2, 0.25) is 5.02 Å². The third-order valence-electron chi connectivity index (χ3n) is 3.90. The predicted octanol–water partition coefficient (Wildman–Crippen LogP) is 3.40. The number of H-pyrrole nitrogens is 1. The number of hydrogen-bond donors (Lipinski definition) is 3. The Kier molecular flexibility index (Phi) is 4.32. The molecule has 2 aromatic carbocycles. The molecule has 0 saturated heterocycles. The van der Waals surface area contributed by atoms with Crippen molar-refractivity contribution in [3.05, 3.63) is 53.3 Å². The van der Waals surface area contributed by atoms with Crippen molar-refractivity contribution in [3.63, 3.8) is 0 Å². The van der Waals surface area contributed by atoms with Gasteiger partial charge in [-0.25, -0.2) is 4.98 Å². The molecule has 0 saturated carbocycles. The number of carboxylic acid groups (broad SMARTS) is 1. The van der Waals surface area contributed by atoms with Crippen LogP contribution in [-0.4, -0.2) is 27.6 Å². The molecule has 23 heavy (non-hydrogen) atoms. The molecule has 0 spiro atoms. The number of aliphatic carboxylic acids is 1. The molecule has 1 aromatic heterocycles. The van der Waals surface area contributed by atoms with Crippen LogP contribution >= 0.6 is 11.6 Å². The van der Waals surface area contributed by atoms with Gasteiger partial charge >= 0.3 is 5.97 Å². The molecule has 0 unspecified atom stereocenters. The smallest absolute Gasteiger partial charge is 0.304 e.